The van der Waals surface area contributed by atoms with Crippen LogP contribution < -0.4 is 0 Å². The summed E-state index contributed by atoms with van der Waals surface area (Å²) in [5.41, 5.74) is 0. The quantitative estimate of drug-likeness (QED) is 0.799. The fourth-order valence-electron chi connectivity index (χ4n) is 1.99. The third-order valence-electron chi connectivity index (χ3n) is 3.11. The molecule has 92 valence electrons. The molecule has 0 amide bonds. The Kier molecular flexibility index (Phi) is 3.75. The number of hydrogen-bond donors (Lipinski definition) is 0. The summed E-state index contributed by atoms with van der Waals surface area (Å²) in [4.78, 5) is 6.64. The third kappa shape index (κ3) is 3.04. The van der Waals surface area contributed by atoms with E-state index >= 15 is 0 Å². The van der Waals surface area contributed by atoms with Gasteiger partial charge in [0.15, 0.2) is 5.82 Å². The van der Waals surface area contributed by atoms with Crippen molar-refractivity contribution in [2.45, 2.75) is 39.2 Å². The summed E-state index contributed by atoms with van der Waals surface area (Å²) in [6.45, 7) is 6.70. The minimum absolute atomic E-state index is 0.225. The fraction of sp³-hybridized carbons (Fsp3) is 0.750. The second-order valence-electron chi connectivity index (χ2n) is 4.88. The maximum atomic E-state index is 8.82. The van der Waals surface area contributed by atoms with Crippen molar-refractivity contribution >= 4 is 0 Å². The van der Waals surface area contributed by atoms with Crippen LogP contribution in [0.1, 0.15) is 44.3 Å². The van der Waals surface area contributed by atoms with Gasteiger partial charge in [-0.3, -0.25) is 4.90 Å². The van der Waals surface area contributed by atoms with Crippen LogP contribution in [0.2, 0.25) is 0 Å². The van der Waals surface area contributed by atoms with Gasteiger partial charge in [-0.05, 0) is 25.9 Å². The van der Waals surface area contributed by atoms with Gasteiger partial charge in [0.2, 0.25) is 5.89 Å². The Morgan fingerprint density at radius 1 is 1.47 bits per heavy atom. The van der Waals surface area contributed by atoms with Crippen molar-refractivity contribution in [1.29, 1.82) is 5.26 Å². The maximum Gasteiger partial charge on any atom is 0.229 e. The fourth-order valence-corrected chi connectivity index (χ4v) is 1.99. The van der Waals surface area contributed by atoms with E-state index in [9.17, 15) is 0 Å². The molecule has 0 N–H and O–H groups in total. The van der Waals surface area contributed by atoms with Gasteiger partial charge < -0.3 is 4.52 Å². The highest BCUT2D eigenvalue weighted by Crippen LogP contribution is 2.18. The predicted molar refractivity (Wildman–Crippen MR) is 62.0 cm³/mol. The number of likely N-dealkylation sites (tertiary alicyclic amines) is 1. The zero-order valence-corrected chi connectivity index (χ0v) is 10.4. The van der Waals surface area contributed by atoms with Gasteiger partial charge in [-0.1, -0.05) is 19.0 Å². The Bertz CT molecular complexity index is 399. The Balaban J connectivity index is 1.87. The summed E-state index contributed by atoms with van der Waals surface area (Å²) in [5.74, 6) is 1.96. The van der Waals surface area contributed by atoms with Gasteiger partial charge in [0.25, 0.3) is 0 Å². The van der Waals surface area contributed by atoms with Crippen LogP contribution in [0.4, 0.5) is 0 Å². The second-order valence-corrected chi connectivity index (χ2v) is 4.88. The average Bonchev–Trinajstić information content (AvgIpc) is 2.79. The van der Waals surface area contributed by atoms with Gasteiger partial charge >= 0.3 is 0 Å². The largest absolute Gasteiger partial charge is 0.339 e. The molecular weight excluding hydrogens is 216 g/mol. The standard InChI is InChI=1S/C12H18N4O/c1-9(2)12-14-11(15-17-12)8-16-5-3-10(7-13)4-6-16/h9-10H,3-6,8H2,1-2H3. The maximum absolute atomic E-state index is 8.82. The van der Waals surface area contributed by atoms with Crippen LogP contribution in [-0.2, 0) is 6.54 Å². The van der Waals surface area contributed by atoms with Crippen molar-refractivity contribution in [3.05, 3.63) is 11.7 Å². The highest BCUT2D eigenvalue weighted by molar-refractivity contribution is 4.92. The molecule has 1 aliphatic heterocycles. The average molecular weight is 234 g/mol. The molecule has 0 aromatic carbocycles. The van der Waals surface area contributed by atoms with E-state index in [0.717, 1.165) is 38.3 Å². The van der Waals surface area contributed by atoms with E-state index in [1.807, 2.05) is 13.8 Å². The predicted octanol–water partition coefficient (Wildman–Crippen LogP) is 1.93. The molecule has 1 aliphatic rings. The number of rotatable bonds is 3. The first-order valence-electron chi connectivity index (χ1n) is 6.13. The van der Waals surface area contributed by atoms with Crippen LogP contribution in [-0.4, -0.2) is 28.1 Å². The van der Waals surface area contributed by atoms with Gasteiger partial charge in [-0.15, -0.1) is 0 Å². The van der Waals surface area contributed by atoms with Crippen molar-refractivity contribution in [3.63, 3.8) is 0 Å². The number of hydrogen-bond acceptors (Lipinski definition) is 5. The SMILES string of the molecule is CC(C)c1nc(CN2CCC(C#N)CC2)no1. The number of nitriles is 1. The lowest BCUT2D eigenvalue weighted by Crippen LogP contribution is -2.33. The number of piperidine rings is 1. The summed E-state index contributed by atoms with van der Waals surface area (Å²) in [6, 6.07) is 2.33. The molecule has 1 aromatic rings. The monoisotopic (exact) mass is 234 g/mol. The number of nitrogens with zero attached hydrogens (tertiary/aromatic N) is 4. The van der Waals surface area contributed by atoms with E-state index in [1.165, 1.54) is 0 Å². The van der Waals surface area contributed by atoms with Crippen LogP contribution >= 0.6 is 0 Å². The van der Waals surface area contributed by atoms with Crippen molar-refractivity contribution in [2.24, 2.45) is 5.92 Å². The molecule has 2 rings (SSSR count). The van der Waals surface area contributed by atoms with E-state index in [-0.39, 0.29) is 11.8 Å². The molecule has 1 saturated heterocycles. The second kappa shape index (κ2) is 5.28. The molecule has 0 spiro atoms. The molecule has 0 radical (unpaired) electrons. The molecule has 1 fully saturated rings. The van der Waals surface area contributed by atoms with E-state index in [0.29, 0.717) is 5.89 Å². The highest BCUT2D eigenvalue weighted by Gasteiger charge is 2.20. The lowest BCUT2D eigenvalue weighted by Gasteiger charge is -2.27. The van der Waals surface area contributed by atoms with Gasteiger partial charge in [0.05, 0.1) is 12.6 Å². The minimum Gasteiger partial charge on any atom is -0.339 e. The van der Waals surface area contributed by atoms with Crippen LogP contribution in [0.3, 0.4) is 0 Å². The molecular formula is C12H18N4O. The molecule has 0 bridgehead atoms. The zero-order valence-electron chi connectivity index (χ0n) is 10.4. The summed E-state index contributed by atoms with van der Waals surface area (Å²) in [5, 5.41) is 12.8. The lowest BCUT2D eigenvalue weighted by molar-refractivity contribution is 0.191. The summed E-state index contributed by atoms with van der Waals surface area (Å²) < 4.78 is 5.17. The van der Waals surface area contributed by atoms with Crippen LogP contribution in [0, 0.1) is 17.2 Å². The van der Waals surface area contributed by atoms with E-state index in [1.54, 1.807) is 0 Å². The molecule has 2 heterocycles. The molecule has 5 nitrogen and oxygen atoms in total. The van der Waals surface area contributed by atoms with Gasteiger partial charge in [-0.2, -0.15) is 10.2 Å². The van der Waals surface area contributed by atoms with Crippen LogP contribution in [0.5, 0.6) is 0 Å². The third-order valence-corrected chi connectivity index (χ3v) is 3.11. The van der Waals surface area contributed by atoms with Crippen LogP contribution in [0.15, 0.2) is 4.52 Å². The van der Waals surface area contributed by atoms with Gasteiger partial charge in [-0.25, -0.2) is 0 Å². The van der Waals surface area contributed by atoms with Crippen molar-refractivity contribution in [2.75, 3.05) is 13.1 Å². The van der Waals surface area contributed by atoms with Crippen molar-refractivity contribution in [3.8, 4) is 6.07 Å². The molecule has 1 aromatic heterocycles. The summed E-state index contributed by atoms with van der Waals surface area (Å²) in [7, 11) is 0. The zero-order chi connectivity index (χ0) is 12.3. The molecule has 17 heavy (non-hydrogen) atoms. The molecule has 0 aliphatic carbocycles. The first-order chi connectivity index (χ1) is 8.19. The smallest absolute Gasteiger partial charge is 0.229 e. The van der Waals surface area contributed by atoms with E-state index in [4.69, 9.17) is 9.78 Å². The highest BCUT2D eigenvalue weighted by atomic mass is 16.5. The molecule has 5 heteroatoms. The number of aromatic nitrogens is 2. The Labute approximate surface area is 101 Å². The van der Waals surface area contributed by atoms with Crippen LogP contribution in [0.25, 0.3) is 0 Å². The first kappa shape index (κ1) is 12.1. The normalized spacial score (nSPS) is 18.5. The Hall–Kier alpha value is -1.41. The molecule has 0 unspecified atom stereocenters. The van der Waals surface area contributed by atoms with E-state index in [2.05, 4.69) is 21.1 Å². The Morgan fingerprint density at radius 2 is 2.18 bits per heavy atom. The summed E-state index contributed by atoms with van der Waals surface area (Å²) >= 11 is 0. The minimum atomic E-state index is 0.225. The van der Waals surface area contributed by atoms with Crippen molar-refractivity contribution < 1.29 is 4.52 Å². The van der Waals surface area contributed by atoms with Gasteiger partial charge in [0.1, 0.15) is 0 Å². The van der Waals surface area contributed by atoms with Crippen molar-refractivity contribution in [1.82, 2.24) is 15.0 Å². The van der Waals surface area contributed by atoms with E-state index < -0.39 is 0 Å². The summed E-state index contributed by atoms with van der Waals surface area (Å²) in [6.07, 6.45) is 1.90. The Morgan fingerprint density at radius 3 is 2.71 bits per heavy atom. The van der Waals surface area contributed by atoms with Gasteiger partial charge in [0, 0.05) is 11.8 Å². The molecule has 0 atom stereocenters. The molecule has 0 saturated carbocycles. The topological polar surface area (TPSA) is 66.0 Å². The lowest BCUT2D eigenvalue weighted by atomic mass is 9.99. The first-order valence-corrected chi connectivity index (χ1v) is 6.13.